The largest absolute Gasteiger partial charge is 0.353 e. The molecule has 3 saturated carbocycles. The number of carbonyl (C=O) groups is 2. The Bertz CT molecular complexity index is 691. The van der Waals surface area contributed by atoms with Crippen LogP contribution in [0.3, 0.4) is 0 Å². The molecule has 5 aliphatic rings. The second-order valence-electron chi connectivity index (χ2n) is 10.2. The lowest BCUT2D eigenvalue weighted by atomic mass is 9.47. The fourth-order valence-corrected chi connectivity index (χ4v) is 7.49. The minimum atomic E-state index is -0.0958. The third kappa shape index (κ3) is 2.86. The number of hydrogen-bond donors (Lipinski definition) is 0. The van der Waals surface area contributed by atoms with Gasteiger partial charge in [0.25, 0.3) is 0 Å². The summed E-state index contributed by atoms with van der Waals surface area (Å²) in [7, 11) is 0. The van der Waals surface area contributed by atoms with Gasteiger partial charge in [0.15, 0.2) is 12.1 Å². The van der Waals surface area contributed by atoms with Gasteiger partial charge in [0.2, 0.25) is 0 Å². The van der Waals surface area contributed by atoms with Crippen LogP contribution in [0.1, 0.15) is 77.6 Å². The first-order chi connectivity index (χ1) is 13.5. The van der Waals surface area contributed by atoms with E-state index in [-0.39, 0.29) is 22.9 Å². The van der Waals surface area contributed by atoms with E-state index in [0.717, 1.165) is 64.4 Å². The molecule has 0 N–H and O–H groups in total. The van der Waals surface area contributed by atoms with Crippen molar-refractivity contribution in [1.29, 1.82) is 0 Å². The van der Waals surface area contributed by atoms with Crippen LogP contribution in [-0.4, -0.2) is 31.1 Å². The zero-order chi connectivity index (χ0) is 19.4. The quantitative estimate of drug-likeness (QED) is 0.711. The Morgan fingerprint density at radius 2 is 1.93 bits per heavy atom. The highest BCUT2D eigenvalue weighted by molar-refractivity contribution is 5.91. The van der Waals surface area contributed by atoms with E-state index < -0.39 is 0 Å². The van der Waals surface area contributed by atoms with Crippen molar-refractivity contribution in [2.45, 2.75) is 83.8 Å². The summed E-state index contributed by atoms with van der Waals surface area (Å²) < 4.78 is 12.2. The van der Waals surface area contributed by atoms with Crippen LogP contribution in [0.4, 0.5) is 0 Å². The number of ketones is 2. The van der Waals surface area contributed by atoms with Gasteiger partial charge in [0.05, 0.1) is 6.61 Å². The summed E-state index contributed by atoms with van der Waals surface area (Å²) in [6.45, 7) is 3.72. The van der Waals surface area contributed by atoms with Gasteiger partial charge in [-0.2, -0.15) is 0 Å². The van der Waals surface area contributed by atoms with Crippen LogP contribution >= 0.6 is 0 Å². The fraction of sp³-hybridized carbons (Fsp3) is 0.833. The maximum absolute atomic E-state index is 12.6. The summed E-state index contributed by atoms with van der Waals surface area (Å²) in [5.74, 6) is 2.46. The average molecular weight is 387 g/mol. The molecule has 5 rings (SSSR count). The number of rotatable bonds is 3. The Morgan fingerprint density at radius 3 is 2.75 bits per heavy atom. The van der Waals surface area contributed by atoms with Gasteiger partial charge < -0.3 is 9.47 Å². The molecule has 0 radical (unpaired) electrons. The number of carbonyl (C=O) groups excluding carboxylic acids is 2. The smallest absolute Gasteiger partial charge is 0.157 e. The second kappa shape index (κ2) is 7.05. The highest BCUT2D eigenvalue weighted by Crippen LogP contribution is 2.64. The molecular weight excluding hydrogens is 352 g/mol. The molecule has 4 nitrogen and oxygen atoms in total. The summed E-state index contributed by atoms with van der Waals surface area (Å²) >= 11 is 0. The Hall–Kier alpha value is -1.00. The van der Waals surface area contributed by atoms with Gasteiger partial charge in [0.1, 0.15) is 5.78 Å². The molecule has 0 bridgehead atoms. The summed E-state index contributed by atoms with van der Waals surface area (Å²) in [4.78, 5) is 24.9. The molecule has 28 heavy (non-hydrogen) atoms. The predicted molar refractivity (Wildman–Crippen MR) is 106 cm³/mol. The first-order valence-electron chi connectivity index (χ1n) is 11.5. The zero-order valence-corrected chi connectivity index (χ0v) is 17.2. The first kappa shape index (κ1) is 19.0. The van der Waals surface area contributed by atoms with E-state index in [1.165, 1.54) is 12.0 Å². The van der Waals surface area contributed by atoms with E-state index >= 15 is 0 Å². The Labute approximate surface area is 168 Å². The van der Waals surface area contributed by atoms with Crippen molar-refractivity contribution in [3.05, 3.63) is 11.6 Å². The standard InChI is InChI=1S/C24H34O4/c1-23-11-10-20-18(19(23)7-8-21(23)26)6-5-16-14-17(25)9-12-24(16,20)15-28-22-4-2-3-13-27-22/h14,18-20,22H,2-13,15H2,1H3/t18-,19-,20-,22?,23-,24+/m0/s1. The van der Waals surface area contributed by atoms with Crippen molar-refractivity contribution in [2.24, 2.45) is 28.6 Å². The van der Waals surface area contributed by atoms with E-state index in [9.17, 15) is 9.59 Å². The monoisotopic (exact) mass is 386 g/mol. The van der Waals surface area contributed by atoms with Gasteiger partial charge in [-0.3, -0.25) is 9.59 Å². The van der Waals surface area contributed by atoms with Crippen LogP contribution in [0, 0.1) is 28.6 Å². The third-order valence-corrected chi connectivity index (χ3v) is 9.06. The molecule has 1 aliphatic heterocycles. The van der Waals surface area contributed by atoms with Crippen molar-refractivity contribution in [1.82, 2.24) is 0 Å². The molecule has 4 fully saturated rings. The predicted octanol–water partition coefficient (Wildman–Crippen LogP) is 4.61. The van der Waals surface area contributed by atoms with Crippen molar-refractivity contribution in [3.63, 3.8) is 0 Å². The second-order valence-corrected chi connectivity index (χ2v) is 10.2. The zero-order valence-electron chi connectivity index (χ0n) is 17.2. The minimum Gasteiger partial charge on any atom is -0.353 e. The average Bonchev–Trinajstić information content (AvgIpc) is 3.02. The lowest BCUT2D eigenvalue weighted by Gasteiger charge is -2.58. The minimum absolute atomic E-state index is 0.00932. The summed E-state index contributed by atoms with van der Waals surface area (Å²) in [5.41, 5.74) is 1.24. The van der Waals surface area contributed by atoms with Crippen LogP contribution in [0.15, 0.2) is 11.6 Å². The van der Waals surface area contributed by atoms with Crippen molar-refractivity contribution < 1.29 is 19.1 Å². The number of fused-ring (bicyclic) bond motifs is 5. The van der Waals surface area contributed by atoms with Crippen LogP contribution in [0.2, 0.25) is 0 Å². The highest BCUT2D eigenvalue weighted by Gasteiger charge is 2.60. The highest BCUT2D eigenvalue weighted by atomic mass is 16.7. The molecule has 154 valence electrons. The molecule has 4 aliphatic carbocycles. The summed E-state index contributed by atoms with van der Waals surface area (Å²) in [6.07, 6.45) is 12.8. The molecule has 0 spiro atoms. The van der Waals surface area contributed by atoms with Crippen molar-refractivity contribution >= 4 is 11.6 Å². The molecule has 0 aromatic rings. The van der Waals surface area contributed by atoms with Crippen LogP contribution in [-0.2, 0) is 19.1 Å². The molecule has 1 heterocycles. The van der Waals surface area contributed by atoms with Gasteiger partial charge in [-0.1, -0.05) is 12.5 Å². The van der Waals surface area contributed by atoms with E-state index in [1.54, 1.807) is 0 Å². The van der Waals surface area contributed by atoms with Crippen LogP contribution in [0.5, 0.6) is 0 Å². The first-order valence-corrected chi connectivity index (χ1v) is 11.5. The van der Waals surface area contributed by atoms with Gasteiger partial charge >= 0.3 is 0 Å². The van der Waals surface area contributed by atoms with E-state index in [4.69, 9.17) is 9.47 Å². The molecule has 0 aromatic heterocycles. The Kier molecular flexibility index (Phi) is 4.78. The topological polar surface area (TPSA) is 52.6 Å². The van der Waals surface area contributed by atoms with Gasteiger partial charge in [0, 0.05) is 30.3 Å². The lowest BCUT2D eigenvalue weighted by molar-refractivity contribution is -0.191. The molecule has 0 aromatic carbocycles. The van der Waals surface area contributed by atoms with Crippen LogP contribution in [0.25, 0.3) is 0 Å². The van der Waals surface area contributed by atoms with Crippen molar-refractivity contribution in [3.8, 4) is 0 Å². The van der Waals surface area contributed by atoms with Gasteiger partial charge in [-0.15, -0.1) is 0 Å². The maximum atomic E-state index is 12.6. The normalized spacial score (nSPS) is 45.8. The van der Waals surface area contributed by atoms with E-state index in [0.29, 0.717) is 36.6 Å². The lowest BCUT2D eigenvalue weighted by Crippen LogP contribution is -2.53. The van der Waals surface area contributed by atoms with Gasteiger partial charge in [-0.05, 0) is 81.6 Å². The number of ether oxygens (including phenoxy) is 2. The fourth-order valence-electron chi connectivity index (χ4n) is 7.49. The molecule has 0 amide bonds. The SMILES string of the molecule is C[C@]12CC[C@H]3[C@@H](CCC4=CC(=O)CC[C@@]43COC3CCCCO3)[C@@H]1CCC2=O. The van der Waals surface area contributed by atoms with E-state index in [1.807, 2.05) is 6.08 Å². The molecule has 6 atom stereocenters. The molecular formula is C24H34O4. The van der Waals surface area contributed by atoms with Crippen molar-refractivity contribution in [2.75, 3.05) is 13.2 Å². The summed E-state index contributed by atoms with van der Waals surface area (Å²) in [5, 5.41) is 0. The molecule has 1 saturated heterocycles. The number of hydrogen-bond acceptors (Lipinski definition) is 4. The third-order valence-electron chi connectivity index (χ3n) is 9.06. The molecule has 1 unspecified atom stereocenters. The summed E-state index contributed by atoms with van der Waals surface area (Å²) in [6, 6.07) is 0. The Balaban J connectivity index is 1.44. The van der Waals surface area contributed by atoms with Crippen LogP contribution < -0.4 is 0 Å². The Morgan fingerprint density at radius 1 is 1.04 bits per heavy atom. The number of Topliss-reactive ketones (excluding diaryl/α,β-unsaturated/α-hetero) is 1. The van der Waals surface area contributed by atoms with E-state index in [2.05, 4.69) is 6.92 Å². The maximum Gasteiger partial charge on any atom is 0.157 e. The molecule has 4 heteroatoms. The van der Waals surface area contributed by atoms with Gasteiger partial charge in [-0.25, -0.2) is 0 Å².